The van der Waals surface area contributed by atoms with E-state index in [9.17, 15) is 0 Å². The summed E-state index contributed by atoms with van der Waals surface area (Å²) in [6, 6.07) is 6.59. The second kappa shape index (κ2) is 6.44. The number of hydrogen-bond donors (Lipinski definition) is 1. The lowest BCUT2D eigenvalue weighted by molar-refractivity contribution is 0.231. The summed E-state index contributed by atoms with van der Waals surface area (Å²) in [5.74, 6) is 1.54. The minimum absolute atomic E-state index is 0.449. The summed E-state index contributed by atoms with van der Waals surface area (Å²) in [5, 5.41) is 4.34. The summed E-state index contributed by atoms with van der Waals surface area (Å²) < 4.78 is 5.31. The Labute approximate surface area is 115 Å². The first kappa shape index (κ1) is 13.7. The average Bonchev–Trinajstić information content (AvgIpc) is 2.33. The molecule has 1 aliphatic rings. The Hall–Kier alpha value is -0.730. The molecule has 1 atom stereocenters. The summed E-state index contributed by atoms with van der Waals surface area (Å²) in [4.78, 5) is 0. The molecule has 1 N–H and O–H groups in total. The SMILES string of the molecule is CCCNC(c1ccc(Cl)c(OC)c1)C1CCC1. The Kier molecular flexibility index (Phi) is 4.90. The van der Waals surface area contributed by atoms with Gasteiger partial charge in [-0.05, 0) is 49.4 Å². The molecule has 0 amide bonds. The molecule has 1 unspecified atom stereocenters. The van der Waals surface area contributed by atoms with Crippen LogP contribution < -0.4 is 10.1 Å². The van der Waals surface area contributed by atoms with E-state index in [-0.39, 0.29) is 0 Å². The molecule has 0 heterocycles. The van der Waals surface area contributed by atoms with Crippen molar-refractivity contribution in [1.82, 2.24) is 5.32 Å². The number of benzene rings is 1. The summed E-state index contributed by atoms with van der Waals surface area (Å²) in [5.41, 5.74) is 1.30. The van der Waals surface area contributed by atoms with Gasteiger partial charge in [-0.1, -0.05) is 31.0 Å². The van der Waals surface area contributed by atoms with E-state index in [0.29, 0.717) is 11.1 Å². The second-order valence-electron chi connectivity index (χ2n) is 5.02. The molecule has 3 heteroatoms. The molecule has 2 nitrogen and oxygen atoms in total. The van der Waals surface area contributed by atoms with Gasteiger partial charge < -0.3 is 10.1 Å². The fraction of sp³-hybridized carbons (Fsp3) is 0.600. The first-order valence-corrected chi connectivity index (χ1v) is 7.21. The zero-order chi connectivity index (χ0) is 13.0. The van der Waals surface area contributed by atoms with Gasteiger partial charge in [-0.25, -0.2) is 0 Å². The maximum atomic E-state index is 6.09. The summed E-state index contributed by atoms with van der Waals surface area (Å²) in [7, 11) is 1.67. The van der Waals surface area contributed by atoms with Gasteiger partial charge in [-0.3, -0.25) is 0 Å². The molecule has 1 aliphatic carbocycles. The standard InChI is InChI=1S/C15H22ClNO/c1-3-9-17-15(11-5-4-6-11)12-7-8-13(16)14(10-12)18-2/h7-8,10-11,15,17H,3-6,9H2,1-2H3. The van der Waals surface area contributed by atoms with Crippen molar-refractivity contribution in [2.24, 2.45) is 5.92 Å². The third-order valence-electron chi connectivity index (χ3n) is 3.77. The first-order valence-electron chi connectivity index (χ1n) is 6.83. The zero-order valence-corrected chi connectivity index (χ0v) is 12.0. The minimum Gasteiger partial charge on any atom is -0.495 e. The lowest BCUT2D eigenvalue weighted by atomic mass is 9.77. The van der Waals surface area contributed by atoms with Crippen molar-refractivity contribution in [1.29, 1.82) is 0 Å². The predicted molar refractivity (Wildman–Crippen MR) is 76.4 cm³/mol. The number of nitrogens with one attached hydrogen (secondary N) is 1. The van der Waals surface area contributed by atoms with Crippen LogP contribution in [0.4, 0.5) is 0 Å². The van der Waals surface area contributed by atoms with Crippen LogP contribution in [0, 0.1) is 5.92 Å². The monoisotopic (exact) mass is 267 g/mol. The van der Waals surface area contributed by atoms with Gasteiger partial charge in [0.25, 0.3) is 0 Å². The van der Waals surface area contributed by atoms with Gasteiger partial charge in [0.1, 0.15) is 5.75 Å². The minimum atomic E-state index is 0.449. The Bertz CT molecular complexity index is 390. The number of halogens is 1. The number of rotatable bonds is 6. The van der Waals surface area contributed by atoms with Crippen molar-refractivity contribution in [2.45, 2.75) is 38.6 Å². The topological polar surface area (TPSA) is 21.3 Å². The number of hydrogen-bond acceptors (Lipinski definition) is 2. The third-order valence-corrected chi connectivity index (χ3v) is 4.08. The van der Waals surface area contributed by atoms with Crippen LogP contribution >= 0.6 is 11.6 Å². The largest absolute Gasteiger partial charge is 0.495 e. The van der Waals surface area contributed by atoms with Crippen molar-refractivity contribution in [3.8, 4) is 5.75 Å². The van der Waals surface area contributed by atoms with Gasteiger partial charge in [0.05, 0.1) is 12.1 Å². The molecule has 18 heavy (non-hydrogen) atoms. The van der Waals surface area contributed by atoms with Gasteiger partial charge >= 0.3 is 0 Å². The van der Waals surface area contributed by atoms with Crippen LogP contribution in [0.25, 0.3) is 0 Å². The molecule has 0 radical (unpaired) electrons. The zero-order valence-electron chi connectivity index (χ0n) is 11.2. The summed E-state index contributed by atoms with van der Waals surface area (Å²) >= 11 is 6.09. The van der Waals surface area contributed by atoms with E-state index in [2.05, 4.69) is 24.4 Å². The highest BCUT2D eigenvalue weighted by atomic mass is 35.5. The molecule has 0 saturated heterocycles. The van der Waals surface area contributed by atoms with E-state index in [0.717, 1.165) is 24.6 Å². The number of ether oxygens (including phenoxy) is 1. The van der Waals surface area contributed by atoms with Crippen LogP contribution in [0.15, 0.2) is 18.2 Å². The molecule has 1 aromatic carbocycles. The molecule has 0 bridgehead atoms. The van der Waals surface area contributed by atoms with Crippen LogP contribution in [-0.2, 0) is 0 Å². The quantitative estimate of drug-likeness (QED) is 0.834. The molecule has 1 saturated carbocycles. The van der Waals surface area contributed by atoms with Gasteiger partial charge in [0.2, 0.25) is 0 Å². The maximum absolute atomic E-state index is 6.09. The Morgan fingerprint density at radius 2 is 2.22 bits per heavy atom. The molecule has 1 aromatic rings. The average molecular weight is 268 g/mol. The number of methoxy groups -OCH3 is 1. The Balaban J connectivity index is 2.17. The normalized spacial score (nSPS) is 17.3. The van der Waals surface area contributed by atoms with Crippen molar-refractivity contribution in [2.75, 3.05) is 13.7 Å². The lowest BCUT2D eigenvalue weighted by Gasteiger charge is -2.35. The highest BCUT2D eigenvalue weighted by Gasteiger charge is 2.28. The van der Waals surface area contributed by atoms with Gasteiger partial charge in [-0.2, -0.15) is 0 Å². The van der Waals surface area contributed by atoms with Crippen molar-refractivity contribution in [3.63, 3.8) is 0 Å². The third kappa shape index (κ3) is 2.99. The molecule has 2 rings (SSSR count). The molecule has 0 aliphatic heterocycles. The van der Waals surface area contributed by atoms with Crippen LogP contribution in [-0.4, -0.2) is 13.7 Å². The van der Waals surface area contributed by atoms with Crippen LogP contribution in [0.2, 0.25) is 5.02 Å². The fourth-order valence-electron chi connectivity index (χ4n) is 2.50. The van der Waals surface area contributed by atoms with E-state index < -0.39 is 0 Å². The fourth-order valence-corrected chi connectivity index (χ4v) is 2.69. The summed E-state index contributed by atoms with van der Waals surface area (Å²) in [6.07, 6.45) is 5.17. The predicted octanol–water partition coefficient (Wildman–Crippen LogP) is 4.19. The van der Waals surface area contributed by atoms with Gasteiger partial charge in [0, 0.05) is 6.04 Å². The van der Waals surface area contributed by atoms with Crippen molar-refractivity contribution >= 4 is 11.6 Å². The van der Waals surface area contributed by atoms with E-state index in [1.807, 2.05) is 6.07 Å². The van der Waals surface area contributed by atoms with Crippen LogP contribution in [0.5, 0.6) is 5.75 Å². The molecule has 100 valence electrons. The first-order chi connectivity index (χ1) is 8.76. The molecular weight excluding hydrogens is 246 g/mol. The Morgan fingerprint density at radius 3 is 2.78 bits per heavy atom. The lowest BCUT2D eigenvalue weighted by Crippen LogP contribution is -2.32. The summed E-state index contributed by atoms with van der Waals surface area (Å²) in [6.45, 7) is 3.26. The van der Waals surface area contributed by atoms with E-state index in [4.69, 9.17) is 16.3 Å². The van der Waals surface area contributed by atoms with Gasteiger partial charge in [-0.15, -0.1) is 0 Å². The molecule has 0 aromatic heterocycles. The Morgan fingerprint density at radius 1 is 1.44 bits per heavy atom. The van der Waals surface area contributed by atoms with Gasteiger partial charge in [0.15, 0.2) is 0 Å². The second-order valence-corrected chi connectivity index (χ2v) is 5.42. The molecular formula is C15H22ClNO. The van der Waals surface area contributed by atoms with E-state index in [1.54, 1.807) is 7.11 Å². The highest BCUT2D eigenvalue weighted by Crippen LogP contribution is 2.39. The molecule has 0 spiro atoms. The van der Waals surface area contributed by atoms with Crippen molar-refractivity contribution in [3.05, 3.63) is 28.8 Å². The highest BCUT2D eigenvalue weighted by molar-refractivity contribution is 6.32. The van der Waals surface area contributed by atoms with Crippen LogP contribution in [0.1, 0.15) is 44.2 Å². The van der Waals surface area contributed by atoms with E-state index >= 15 is 0 Å². The van der Waals surface area contributed by atoms with Crippen LogP contribution in [0.3, 0.4) is 0 Å². The molecule has 1 fully saturated rings. The smallest absolute Gasteiger partial charge is 0.137 e. The van der Waals surface area contributed by atoms with E-state index in [1.165, 1.54) is 24.8 Å². The van der Waals surface area contributed by atoms with Crippen molar-refractivity contribution < 1.29 is 4.74 Å². The maximum Gasteiger partial charge on any atom is 0.137 e.